The van der Waals surface area contributed by atoms with E-state index in [1.54, 1.807) is 24.3 Å². The summed E-state index contributed by atoms with van der Waals surface area (Å²) in [4.78, 5) is 0. The van der Waals surface area contributed by atoms with Crippen molar-refractivity contribution in [2.75, 3.05) is 0 Å². The fraction of sp³-hybridized carbons (Fsp3) is 0.176. The van der Waals surface area contributed by atoms with Crippen molar-refractivity contribution >= 4 is 17.2 Å². The zero-order chi connectivity index (χ0) is 16.8. The van der Waals surface area contributed by atoms with Crippen LogP contribution in [0.25, 0.3) is 5.57 Å². The molecule has 3 rings (SSSR count). The van der Waals surface area contributed by atoms with E-state index >= 15 is 0 Å². The molecule has 0 radical (unpaired) electrons. The largest absolute Gasteiger partial charge is 0.573 e. The summed E-state index contributed by atoms with van der Waals surface area (Å²) in [6.07, 6.45) is -4.51. The Kier molecular flexibility index (Phi) is 3.84. The van der Waals surface area contributed by atoms with Crippen molar-refractivity contribution in [1.29, 1.82) is 0 Å². The second kappa shape index (κ2) is 5.57. The van der Waals surface area contributed by atoms with Crippen LogP contribution >= 0.6 is 11.6 Å². The van der Waals surface area contributed by atoms with Crippen molar-refractivity contribution in [3.05, 3.63) is 69.5 Å². The quantitative estimate of drug-likeness (QED) is 0.631. The van der Waals surface area contributed by atoms with Crippen LogP contribution in [0.3, 0.4) is 0 Å². The summed E-state index contributed by atoms with van der Waals surface area (Å²) in [6, 6.07) is 8.87. The number of allylic oxidation sites excluding steroid dienone is 1. The van der Waals surface area contributed by atoms with Crippen LogP contribution in [-0.4, -0.2) is 6.36 Å². The summed E-state index contributed by atoms with van der Waals surface area (Å²) in [6.45, 7) is 1.83. The van der Waals surface area contributed by atoms with Crippen molar-refractivity contribution in [2.45, 2.75) is 19.7 Å². The molecule has 0 atom stereocenters. The molecule has 0 fully saturated rings. The summed E-state index contributed by atoms with van der Waals surface area (Å²) in [7, 11) is 0. The first-order valence-electron chi connectivity index (χ1n) is 6.79. The van der Waals surface area contributed by atoms with Gasteiger partial charge in [-0.2, -0.15) is 0 Å². The lowest BCUT2D eigenvalue weighted by atomic mass is 9.97. The van der Waals surface area contributed by atoms with E-state index in [4.69, 9.17) is 11.6 Å². The minimum Gasteiger partial charge on any atom is -0.406 e. The first-order chi connectivity index (χ1) is 10.7. The van der Waals surface area contributed by atoms with E-state index < -0.39 is 17.9 Å². The van der Waals surface area contributed by atoms with Gasteiger partial charge in [0.1, 0.15) is 11.6 Å². The van der Waals surface area contributed by atoms with Crippen LogP contribution in [-0.2, 0) is 6.42 Å². The Bertz CT molecular complexity index is 791. The minimum absolute atomic E-state index is 0.353. The van der Waals surface area contributed by atoms with E-state index in [9.17, 15) is 17.6 Å². The second-order valence-corrected chi connectivity index (χ2v) is 5.75. The summed E-state index contributed by atoms with van der Waals surface area (Å²) in [5.74, 6) is -1.26. The molecule has 0 unspecified atom stereocenters. The lowest BCUT2D eigenvalue weighted by molar-refractivity contribution is -0.274. The highest BCUT2D eigenvalue weighted by molar-refractivity contribution is 6.30. The molecule has 0 saturated heterocycles. The summed E-state index contributed by atoms with van der Waals surface area (Å²) in [5.41, 5.74) is 3.16. The Hall–Kier alpha value is -2.01. The topological polar surface area (TPSA) is 9.23 Å². The fourth-order valence-electron chi connectivity index (χ4n) is 2.81. The molecule has 0 saturated carbocycles. The molecule has 120 valence electrons. The molecule has 0 spiro atoms. The van der Waals surface area contributed by atoms with Crippen LogP contribution in [0.1, 0.15) is 23.6 Å². The number of halogens is 5. The molecule has 6 heteroatoms. The molecule has 0 heterocycles. The molecular formula is C17H11ClF4O. The van der Waals surface area contributed by atoms with E-state index in [1.807, 2.05) is 6.92 Å². The molecule has 0 aromatic heterocycles. The molecule has 0 N–H and O–H groups in total. The number of rotatable bonds is 2. The first-order valence-corrected chi connectivity index (χ1v) is 7.16. The maximum atomic E-state index is 14.2. The Labute approximate surface area is 135 Å². The maximum Gasteiger partial charge on any atom is 0.573 e. The third-order valence-corrected chi connectivity index (χ3v) is 3.93. The number of hydrogen-bond acceptors (Lipinski definition) is 1. The monoisotopic (exact) mass is 342 g/mol. The number of alkyl halides is 3. The SMILES string of the molecule is CC1=C(c2ccc(Cl)cc2)c2cc(OC(F)(F)F)cc(F)c2C1. The lowest BCUT2D eigenvalue weighted by Gasteiger charge is -2.13. The van der Waals surface area contributed by atoms with E-state index in [-0.39, 0.29) is 0 Å². The number of benzene rings is 2. The standard InChI is InChI=1S/C17H11ClF4O/c1-9-6-13-14(16(9)10-2-4-11(18)5-3-10)7-12(8-15(13)19)23-17(20,21)22/h2-5,7-8H,6H2,1H3. The van der Waals surface area contributed by atoms with Gasteiger partial charge in [0, 0.05) is 11.1 Å². The van der Waals surface area contributed by atoms with Gasteiger partial charge in [-0.3, -0.25) is 0 Å². The third kappa shape index (κ3) is 3.20. The Morgan fingerprint density at radius 1 is 1.09 bits per heavy atom. The van der Waals surface area contributed by atoms with Crippen molar-refractivity contribution in [1.82, 2.24) is 0 Å². The van der Waals surface area contributed by atoms with Gasteiger partial charge < -0.3 is 4.74 Å². The van der Waals surface area contributed by atoms with Gasteiger partial charge in [-0.15, -0.1) is 13.2 Å². The molecule has 2 aromatic rings. The average molecular weight is 343 g/mol. The van der Waals surface area contributed by atoms with Crippen LogP contribution in [0, 0.1) is 5.82 Å². The average Bonchev–Trinajstić information content (AvgIpc) is 2.75. The van der Waals surface area contributed by atoms with Crippen molar-refractivity contribution in [3.8, 4) is 5.75 Å². The molecule has 2 aromatic carbocycles. The molecule has 0 amide bonds. The van der Waals surface area contributed by atoms with Crippen LogP contribution in [0.4, 0.5) is 17.6 Å². The Morgan fingerprint density at radius 2 is 1.74 bits per heavy atom. The Morgan fingerprint density at radius 3 is 2.35 bits per heavy atom. The first kappa shape index (κ1) is 15.9. The van der Waals surface area contributed by atoms with E-state index in [2.05, 4.69) is 4.74 Å². The van der Waals surface area contributed by atoms with Gasteiger partial charge in [0.2, 0.25) is 0 Å². The van der Waals surface area contributed by atoms with Crippen molar-refractivity contribution in [2.24, 2.45) is 0 Å². The fourth-order valence-corrected chi connectivity index (χ4v) is 2.93. The van der Waals surface area contributed by atoms with Crippen LogP contribution in [0.15, 0.2) is 42.0 Å². The van der Waals surface area contributed by atoms with Gasteiger partial charge in [0.25, 0.3) is 0 Å². The van der Waals surface area contributed by atoms with E-state index in [0.29, 0.717) is 28.1 Å². The molecule has 1 aliphatic rings. The van der Waals surface area contributed by atoms with Crippen LogP contribution in [0.2, 0.25) is 5.02 Å². The summed E-state index contributed by atoms with van der Waals surface area (Å²) >= 11 is 5.86. The predicted octanol–water partition coefficient (Wildman–Crippen LogP) is 5.76. The highest BCUT2D eigenvalue weighted by Gasteiger charge is 2.33. The lowest BCUT2D eigenvalue weighted by Crippen LogP contribution is -2.17. The van der Waals surface area contributed by atoms with Gasteiger partial charge in [0.05, 0.1) is 0 Å². The highest BCUT2D eigenvalue weighted by Crippen LogP contribution is 2.41. The predicted molar refractivity (Wildman–Crippen MR) is 79.9 cm³/mol. The van der Waals surface area contributed by atoms with Gasteiger partial charge in [-0.05, 0) is 53.8 Å². The third-order valence-electron chi connectivity index (χ3n) is 3.67. The van der Waals surface area contributed by atoms with Crippen LogP contribution in [0.5, 0.6) is 5.75 Å². The highest BCUT2D eigenvalue weighted by atomic mass is 35.5. The molecule has 1 aliphatic carbocycles. The molecule has 0 aliphatic heterocycles. The van der Waals surface area contributed by atoms with Gasteiger partial charge in [-0.1, -0.05) is 29.3 Å². The number of fused-ring (bicyclic) bond motifs is 1. The summed E-state index contributed by atoms with van der Waals surface area (Å²) in [5, 5.41) is 0.547. The van der Waals surface area contributed by atoms with Crippen LogP contribution < -0.4 is 4.74 Å². The maximum absolute atomic E-state index is 14.2. The van der Waals surface area contributed by atoms with Gasteiger partial charge >= 0.3 is 6.36 Å². The number of ether oxygens (including phenoxy) is 1. The summed E-state index contributed by atoms with van der Waals surface area (Å²) < 4.78 is 55.2. The molecule has 0 bridgehead atoms. The zero-order valence-electron chi connectivity index (χ0n) is 12.0. The number of hydrogen-bond donors (Lipinski definition) is 0. The molecular weight excluding hydrogens is 332 g/mol. The molecule has 23 heavy (non-hydrogen) atoms. The normalized spacial score (nSPS) is 14.2. The second-order valence-electron chi connectivity index (χ2n) is 5.32. The van der Waals surface area contributed by atoms with Gasteiger partial charge in [-0.25, -0.2) is 4.39 Å². The van der Waals surface area contributed by atoms with E-state index in [1.165, 1.54) is 6.07 Å². The molecule has 1 nitrogen and oxygen atoms in total. The van der Waals surface area contributed by atoms with Crippen molar-refractivity contribution < 1.29 is 22.3 Å². The van der Waals surface area contributed by atoms with Gasteiger partial charge in [0.15, 0.2) is 0 Å². The van der Waals surface area contributed by atoms with E-state index in [0.717, 1.165) is 17.2 Å². The Balaban J connectivity index is 2.10. The minimum atomic E-state index is -4.86. The smallest absolute Gasteiger partial charge is 0.406 e. The zero-order valence-corrected chi connectivity index (χ0v) is 12.7. The van der Waals surface area contributed by atoms with Crippen molar-refractivity contribution in [3.63, 3.8) is 0 Å².